The number of benzene rings is 2. The molecule has 0 atom stereocenters. The van der Waals surface area contributed by atoms with Crippen molar-refractivity contribution in [3.63, 3.8) is 0 Å². The van der Waals surface area contributed by atoms with E-state index >= 15 is 0 Å². The minimum Gasteiger partial charge on any atom is -0.376 e. The van der Waals surface area contributed by atoms with E-state index in [1.807, 2.05) is 72.5 Å². The van der Waals surface area contributed by atoms with Gasteiger partial charge < -0.3 is 10.2 Å². The molecular weight excluding hydrogens is 248 g/mol. The molecule has 104 valence electrons. The van der Waals surface area contributed by atoms with Gasteiger partial charge in [0.2, 0.25) is 5.91 Å². The Kier molecular flexibility index (Phi) is 5.18. The third kappa shape index (κ3) is 4.12. The minimum atomic E-state index is 0.111. The van der Waals surface area contributed by atoms with Crippen molar-refractivity contribution >= 4 is 11.6 Å². The van der Waals surface area contributed by atoms with E-state index in [-0.39, 0.29) is 5.91 Å². The molecule has 3 heteroatoms. The highest BCUT2D eigenvalue weighted by Gasteiger charge is 2.11. The number of rotatable bonds is 6. The molecule has 1 amide bonds. The van der Waals surface area contributed by atoms with Gasteiger partial charge in [-0.1, -0.05) is 48.5 Å². The number of hydrogen-bond donors (Lipinski definition) is 1. The lowest BCUT2D eigenvalue weighted by molar-refractivity contribution is -0.129. The molecular formula is C17H20N2O. The predicted octanol–water partition coefficient (Wildman–Crippen LogP) is 3.15. The Morgan fingerprint density at radius 3 is 2.20 bits per heavy atom. The first-order valence-corrected chi connectivity index (χ1v) is 6.90. The fraction of sp³-hybridized carbons (Fsp3) is 0.235. The Hall–Kier alpha value is -2.29. The summed E-state index contributed by atoms with van der Waals surface area (Å²) in [6, 6.07) is 19.8. The van der Waals surface area contributed by atoms with Gasteiger partial charge in [0.05, 0.1) is 6.54 Å². The maximum Gasteiger partial charge on any atom is 0.242 e. The smallest absolute Gasteiger partial charge is 0.242 e. The van der Waals surface area contributed by atoms with Crippen molar-refractivity contribution in [3.8, 4) is 0 Å². The van der Waals surface area contributed by atoms with Crippen molar-refractivity contribution in [1.82, 2.24) is 4.90 Å². The maximum absolute atomic E-state index is 12.2. The molecule has 0 fully saturated rings. The molecule has 0 unspecified atom stereocenters. The molecule has 0 saturated carbocycles. The summed E-state index contributed by atoms with van der Waals surface area (Å²) in [6.45, 7) is 3.70. The second kappa shape index (κ2) is 7.34. The second-order valence-electron chi connectivity index (χ2n) is 4.61. The summed E-state index contributed by atoms with van der Waals surface area (Å²) in [5.74, 6) is 0.111. The van der Waals surface area contributed by atoms with E-state index in [0.29, 0.717) is 19.6 Å². The van der Waals surface area contributed by atoms with Gasteiger partial charge in [-0.2, -0.15) is 0 Å². The van der Waals surface area contributed by atoms with Crippen LogP contribution in [0.15, 0.2) is 60.7 Å². The Balaban J connectivity index is 1.89. The number of hydrogen-bond acceptors (Lipinski definition) is 2. The average molecular weight is 268 g/mol. The lowest BCUT2D eigenvalue weighted by Crippen LogP contribution is -2.34. The van der Waals surface area contributed by atoms with Crippen LogP contribution in [-0.4, -0.2) is 23.9 Å². The number of nitrogens with one attached hydrogen (secondary N) is 1. The van der Waals surface area contributed by atoms with Crippen molar-refractivity contribution in [2.24, 2.45) is 0 Å². The summed E-state index contributed by atoms with van der Waals surface area (Å²) in [5.41, 5.74) is 2.12. The van der Waals surface area contributed by atoms with E-state index in [9.17, 15) is 4.79 Å². The number of para-hydroxylation sites is 1. The number of nitrogens with zero attached hydrogens (tertiary/aromatic N) is 1. The zero-order chi connectivity index (χ0) is 14.2. The van der Waals surface area contributed by atoms with Gasteiger partial charge in [0, 0.05) is 18.8 Å². The van der Waals surface area contributed by atoms with Crippen LogP contribution in [0.3, 0.4) is 0 Å². The normalized spacial score (nSPS) is 10.1. The van der Waals surface area contributed by atoms with Crippen LogP contribution in [0.5, 0.6) is 0 Å². The first-order chi connectivity index (χ1) is 9.79. The van der Waals surface area contributed by atoms with E-state index in [4.69, 9.17) is 0 Å². The Bertz CT molecular complexity index is 525. The van der Waals surface area contributed by atoms with E-state index in [1.54, 1.807) is 0 Å². The van der Waals surface area contributed by atoms with Gasteiger partial charge in [-0.15, -0.1) is 0 Å². The van der Waals surface area contributed by atoms with Crippen LogP contribution in [0.25, 0.3) is 0 Å². The Labute approximate surface area is 120 Å². The third-order valence-corrected chi connectivity index (χ3v) is 3.17. The van der Waals surface area contributed by atoms with Gasteiger partial charge in [-0.3, -0.25) is 4.79 Å². The zero-order valence-electron chi connectivity index (χ0n) is 11.8. The van der Waals surface area contributed by atoms with Crippen LogP contribution in [0.1, 0.15) is 12.5 Å². The molecule has 0 spiro atoms. The lowest BCUT2D eigenvalue weighted by Gasteiger charge is -2.21. The van der Waals surface area contributed by atoms with Crippen molar-refractivity contribution in [2.75, 3.05) is 18.4 Å². The molecule has 2 rings (SSSR count). The van der Waals surface area contributed by atoms with Crippen LogP contribution in [0.4, 0.5) is 5.69 Å². The minimum absolute atomic E-state index is 0.111. The molecule has 0 aliphatic carbocycles. The van der Waals surface area contributed by atoms with E-state index < -0.39 is 0 Å². The fourth-order valence-corrected chi connectivity index (χ4v) is 2.03. The molecule has 0 heterocycles. The van der Waals surface area contributed by atoms with Crippen molar-refractivity contribution < 1.29 is 4.79 Å². The largest absolute Gasteiger partial charge is 0.376 e. The predicted molar refractivity (Wildman–Crippen MR) is 82.5 cm³/mol. The topological polar surface area (TPSA) is 32.3 Å². The fourth-order valence-electron chi connectivity index (χ4n) is 2.03. The molecule has 0 aliphatic heterocycles. The van der Waals surface area contributed by atoms with Crippen LogP contribution in [0.2, 0.25) is 0 Å². The van der Waals surface area contributed by atoms with Gasteiger partial charge in [-0.05, 0) is 24.6 Å². The first-order valence-electron chi connectivity index (χ1n) is 6.90. The average Bonchev–Trinajstić information content (AvgIpc) is 2.52. The molecule has 0 aromatic heterocycles. The summed E-state index contributed by atoms with van der Waals surface area (Å²) in [7, 11) is 0. The first kappa shape index (κ1) is 14.1. The van der Waals surface area contributed by atoms with Crippen LogP contribution < -0.4 is 5.32 Å². The maximum atomic E-state index is 12.2. The standard InChI is InChI=1S/C17H20N2O/c1-2-19(14-15-9-5-3-6-10-15)17(20)13-18-16-11-7-4-8-12-16/h3-12,18H,2,13-14H2,1H3. The summed E-state index contributed by atoms with van der Waals surface area (Å²) in [5, 5.41) is 3.15. The summed E-state index contributed by atoms with van der Waals surface area (Å²) in [6.07, 6.45) is 0. The van der Waals surface area contributed by atoms with Gasteiger partial charge in [-0.25, -0.2) is 0 Å². The quantitative estimate of drug-likeness (QED) is 0.873. The number of carbonyl (C=O) groups excluding carboxylic acids is 1. The summed E-state index contributed by atoms with van der Waals surface area (Å²) >= 11 is 0. The Morgan fingerprint density at radius 2 is 1.60 bits per heavy atom. The molecule has 2 aromatic rings. The Morgan fingerprint density at radius 1 is 1.00 bits per heavy atom. The highest BCUT2D eigenvalue weighted by Crippen LogP contribution is 2.07. The second-order valence-corrected chi connectivity index (χ2v) is 4.61. The van der Waals surface area contributed by atoms with Crippen LogP contribution >= 0.6 is 0 Å². The SMILES string of the molecule is CCN(Cc1ccccc1)C(=O)CNc1ccccc1. The van der Waals surface area contributed by atoms with Crippen LogP contribution in [0, 0.1) is 0 Å². The van der Waals surface area contributed by atoms with Crippen molar-refractivity contribution in [3.05, 3.63) is 66.2 Å². The number of likely N-dealkylation sites (N-methyl/N-ethyl adjacent to an activating group) is 1. The van der Waals surface area contributed by atoms with Gasteiger partial charge in [0.15, 0.2) is 0 Å². The van der Waals surface area contributed by atoms with E-state index in [0.717, 1.165) is 11.3 Å². The van der Waals surface area contributed by atoms with Gasteiger partial charge in [0.1, 0.15) is 0 Å². The summed E-state index contributed by atoms with van der Waals surface area (Å²) < 4.78 is 0. The molecule has 1 N–H and O–H groups in total. The molecule has 20 heavy (non-hydrogen) atoms. The summed E-state index contributed by atoms with van der Waals surface area (Å²) in [4.78, 5) is 14.1. The number of carbonyl (C=O) groups is 1. The monoisotopic (exact) mass is 268 g/mol. The zero-order valence-corrected chi connectivity index (χ0v) is 11.8. The van der Waals surface area contributed by atoms with Crippen LogP contribution in [-0.2, 0) is 11.3 Å². The van der Waals surface area contributed by atoms with Gasteiger partial charge in [0.25, 0.3) is 0 Å². The number of amides is 1. The van der Waals surface area contributed by atoms with Gasteiger partial charge >= 0.3 is 0 Å². The molecule has 3 nitrogen and oxygen atoms in total. The third-order valence-electron chi connectivity index (χ3n) is 3.17. The molecule has 0 aliphatic rings. The molecule has 0 bridgehead atoms. The molecule has 0 radical (unpaired) electrons. The van der Waals surface area contributed by atoms with E-state index in [1.165, 1.54) is 0 Å². The molecule has 2 aromatic carbocycles. The lowest BCUT2D eigenvalue weighted by atomic mass is 10.2. The van der Waals surface area contributed by atoms with Crippen molar-refractivity contribution in [2.45, 2.75) is 13.5 Å². The van der Waals surface area contributed by atoms with E-state index in [2.05, 4.69) is 5.32 Å². The van der Waals surface area contributed by atoms with Crippen molar-refractivity contribution in [1.29, 1.82) is 0 Å². The highest BCUT2D eigenvalue weighted by atomic mass is 16.2. The number of anilines is 1. The highest BCUT2D eigenvalue weighted by molar-refractivity contribution is 5.80. The molecule has 0 saturated heterocycles.